The predicted molar refractivity (Wildman–Crippen MR) is 159 cm³/mol. The number of hydrogen-bond donors (Lipinski definition) is 1. The van der Waals surface area contributed by atoms with Gasteiger partial charge in [0.2, 0.25) is 0 Å². The molecule has 1 N–H and O–H groups in total. The Morgan fingerprint density at radius 2 is 1.56 bits per heavy atom. The number of carbonyl (C=O) groups is 3. The van der Waals surface area contributed by atoms with E-state index < -0.39 is 47.0 Å². The number of carbonyl (C=O) groups excluding carboxylic acids is 3. The molecule has 1 amide bonds. The summed E-state index contributed by atoms with van der Waals surface area (Å²) in [5.41, 5.74) is 2.71. The van der Waals surface area contributed by atoms with Gasteiger partial charge in [-0.3, -0.25) is 9.59 Å². The Bertz CT molecular complexity index is 1420. The molecule has 6 nitrogen and oxygen atoms in total. The number of esters is 1. The van der Waals surface area contributed by atoms with Gasteiger partial charge in [-0.25, -0.2) is 8.78 Å². The SMILES string of the molecule is CSCC[C@H](NC(=O)c1ccc(CC(Cc2cc(F)cc(F)c2)C(=O)OC(C)(C)C)cc1-c1ccccc1C)C(=O)[O-].[Li+]. The number of amides is 1. The molecule has 2 atom stereocenters. The van der Waals surface area contributed by atoms with E-state index in [-0.39, 0.29) is 43.7 Å². The monoisotopic (exact) mass is 603 g/mol. The van der Waals surface area contributed by atoms with Crippen LogP contribution in [0.5, 0.6) is 0 Å². The van der Waals surface area contributed by atoms with E-state index >= 15 is 0 Å². The first-order valence-corrected chi connectivity index (χ1v) is 15.0. The van der Waals surface area contributed by atoms with Gasteiger partial charge in [0.15, 0.2) is 0 Å². The maximum Gasteiger partial charge on any atom is 1.00 e. The fraction of sp³-hybridized carbons (Fsp3) is 0.364. The molecule has 10 heteroatoms. The van der Waals surface area contributed by atoms with Crippen molar-refractivity contribution in [1.29, 1.82) is 0 Å². The summed E-state index contributed by atoms with van der Waals surface area (Å²) in [5, 5.41) is 14.3. The maximum absolute atomic E-state index is 13.9. The van der Waals surface area contributed by atoms with E-state index in [1.165, 1.54) is 23.9 Å². The van der Waals surface area contributed by atoms with Gasteiger partial charge in [-0.2, -0.15) is 11.8 Å². The van der Waals surface area contributed by atoms with Gasteiger partial charge in [-0.05, 0) is 105 Å². The van der Waals surface area contributed by atoms with Crippen LogP contribution >= 0.6 is 11.8 Å². The second kappa shape index (κ2) is 16.1. The van der Waals surface area contributed by atoms with Crippen molar-refractivity contribution in [3.8, 4) is 11.1 Å². The van der Waals surface area contributed by atoms with Crippen molar-refractivity contribution in [2.75, 3.05) is 12.0 Å². The number of nitrogens with one attached hydrogen (secondary N) is 1. The number of halogens is 2. The van der Waals surface area contributed by atoms with Crippen molar-refractivity contribution < 1.29 is 51.9 Å². The Morgan fingerprint density at radius 1 is 0.930 bits per heavy atom. The third-order valence-electron chi connectivity index (χ3n) is 6.59. The summed E-state index contributed by atoms with van der Waals surface area (Å²) in [6, 6.07) is 14.5. The van der Waals surface area contributed by atoms with Gasteiger partial charge < -0.3 is 20.0 Å². The van der Waals surface area contributed by atoms with E-state index in [9.17, 15) is 28.3 Å². The van der Waals surface area contributed by atoms with Crippen molar-refractivity contribution in [3.63, 3.8) is 0 Å². The first-order chi connectivity index (χ1) is 19.8. The fourth-order valence-electron chi connectivity index (χ4n) is 4.66. The maximum atomic E-state index is 13.9. The molecule has 0 aliphatic rings. The van der Waals surface area contributed by atoms with Crippen molar-refractivity contribution in [2.45, 2.75) is 58.6 Å². The predicted octanol–water partition coefficient (Wildman–Crippen LogP) is 2.29. The molecule has 0 bridgehead atoms. The Labute approximate surface area is 268 Å². The van der Waals surface area contributed by atoms with Crippen LogP contribution < -0.4 is 29.3 Å². The van der Waals surface area contributed by atoms with Crippen molar-refractivity contribution >= 4 is 29.6 Å². The van der Waals surface area contributed by atoms with Crippen molar-refractivity contribution in [1.82, 2.24) is 5.32 Å². The Morgan fingerprint density at radius 3 is 2.14 bits per heavy atom. The van der Waals surface area contributed by atoms with E-state index in [0.29, 0.717) is 22.4 Å². The second-order valence-corrected chi connectivity index (χ2v) is 12.2. The van der Waals surface area contributed by atoms with Crippen LogP contribution in [0.3, 0.4) is 0 Å². The van der Waals surface area contributed by atoms with Crippen LogP contribution in [0.1, 0.15) is 54.2 Å². The largest absolute Gasteiger partial charge is 1.00 e. The van der Waals surface area contributed by atoms with Gasteiger partial charge in [-0.15, -0.1) is 0 Å². The molecular weight excluding hydrogens is 567 g/mol. The zero-order valence-electron chi connectivity index (χ0n) is 25.5. The van der Waals surface area contributed by atoms with Crippen LogP contribution in [-0.4, -0.2) is 41.5 Å². The van der Waals surface area contributed by atoms with Gasteiger partial charge >= 0.3 is 24.8 Å². The van der Waals surface area contributed by atoms with Crippen LogP contribution in [0.15, 0.2) is 60.7 Å². The molecule has 3 aromatic rings. The summed E-state index contributed by atoms with van der Waals surface area (Å²) in [6.07, 6.45) is 2.27. The molecule has 0 aliphatic heterocycles. The van der Waals surface area contributed by atoms with Crippen molar-refractivity contribution in [3.05, 3.63) is 94.6 Å². The average Bonchev–Trinajstić information content (AvgIpc) is 2.89. The molecule has 0 saturated heterocycles. The van der Waals surface area contributed by atoms with Crippen LogP contribution in [0.2, 0.25) is 0 Å². The number of rotatable bonds is 12. The number of aliphatic carboxylic acids is 1. The normalized spacial score (nSPS) is 12.5. The quantitative estimate of drug-likeness (QED) is 0.252. The number of ether oxygens (including phenoxy) is 1. The number of thioether (sulfide) groups is 1. The smallest absolute Gasteiger partial charge is 0.548 e. The van der Waals surface area contributed by atoms with Gasteiger partial charge in [-0.1, -0.05) is 36.4 Å². The van der Waals surface area contributed by atoms with Crippen LogP contribution in [0.4, 0.5) is 8.78 Å². The fourth-order valence-corrected chi connectivity index (χ4v) is 5.13. The molecule has 0 heterocycles. The molecule has 0 fully saturated rings. The minimum absolute atomic E-state index is 0. The number of hydrogen-bond acceptors (Lipinski definition) is 6. The third-order valence-corrected chi connectivity index (χ3v) is 7.23. The Kier molecular flexibility index (Phi) is 13.5. The number of aryl methyl sites for hydroxylation is 1. The molecule has 224 valence electrons. The summed E-state index contributed by atoms with van der Waals surface area (Å²) >= 11 is 1.47. The zero-order chi connectivity index (χ0) is 31.0. The Balaban J connectivity index is 0.00000645. The topological polar surface area (TPSA) is 95.5 Å². The molecule has 0 aliphatic carbocycles. The number of carboxylic acid groups (broad SMARTS) is 1. The summed E-state index contributed by atoms with van der Waals surface area (Å²) in [6.45, 7) is 7.12. The minimum atomic E-state index is -1.36. The average molecular weight is 604 g/mol. The molecule has 43 heavy (non-hydrogen) atoms. The van der Waals surface area contributed by atoms with Crippen molar-refractivity contribution in [2.24, 2.45) is 5.92 Å². The summed E-state index contributed by atoms with van der Waals surface area (Å²) in [5.74, 6) is -4.16. The Hall–Kier alpha value is -3.12. The summed E-state index contributed by atoms with van der Waals surface area (Å²) < 4.78 is 33.5. The first-order valence-electron chi connectivity index (χ1n) is 13.6. The second-order valence-electron chi connectivity index (χ2n) is 11.2. The molecule has 0 radical (unpaired) electrons. The minimum Gasteiger partial charge on any atom is -0.548 e. The van der Waals surface area contributed by atoms with E-state index in [2.05, 4.69) is 5.32 Å². The molecule has 0 spiro atoms. The molecule has 0 aromatic heterocycles. The standard InChI is InChI=1S/C33H37F2NO5S.Li/c1-20-8-6-7-9-26(20)28-18-21(10-11-27(28)30(37)36-29(31(38)39)12-13-42-5)14-23(32(40)41-33(2,3)4)15-22-16-24(34)19-25(35)17-22;/h6-11,16-19,23,29H,12-15H2,1-5H3,(H,36,37)(H,38,39);/q;+1/p-1/t23?,29-;/m0./s1. The molecule has 0 saturated carbocycles. The van der Waals surface area contributed by atoms with Gasteiger partial charge in [0.05, 0.1) is 17.9 Å². The molecule has 3 rings (SSSR count). The zero-order valence-corrected chi connectivity index (χ0v) is 26.3. The third kappa shape index (κ3) is 10.8. The van der Waals surface area contributed by atoms with Crippen LogP contribution in [0, 0.1) is 24.5 Å². The van der Waals surface area contributed by atoms with E-state index in [0.717, 1.165) is 17.2 Å². The van der Waals surface area contributed by atoms with Crippen LogP contribution in [0.25, 0.3) is 11.1 Å². The summed E-state index contributed by atoms with van der Waals surface area (Å²) in [4.78, 5) is 38.3. The number of carboxylic acids is 1. The van der Waals surface area contributed by atoms with E-state index in [1.807, 2.05) is 37.4 Å². The van der Waals surface area contributed by atoms with E-state index in [1.54, 1.807) is 39.0 Å². The number of benzene rings is 3. The van der Waals surface area contributed by atoms with E-state index in [4.69, 9.17) is 4.74 Å². The van der Waals surface area contributed by atoms with Gasteiger partial charge in [0.1, 0.15) is 17.2 Å². The first kappa shape index (κ1) is 36.1. The molecule has 1 unspecified atom stereocenters. The van der Waals surface area contributed by atoms with Gasteiger partial charge in [0.25, 0.3) is 5.91 Å². The summed E-state index contributed by atoms with van der Waals surface area (Å²) in [7, 11) is 0. The molecule has 3 aromatic carbocycles. The molecular formula is C33H36F2LiNO5S. The van der Waals surface area contributed by atoms with Gasteiger partial charge in [0, 0.05) is 11.6 Å². The van der Waals surface area contributed by atoms with Crippen LogP contribution in [-0.2, 0) is 27.2 Å².